The topological polar surface area (TPSA) is 33.0 Å². The molecule has 2 fully saturated rings. The average Bonchev–Trinajstić information content (AvgIpc) is 2.72. The molecular formula is C24H33NO. The number of benzene rings is 1. The predicted octanol–water partition coefficient (Wildman–Crippen LogP) is 6.23. The van der Waals surface area contributed by atoms with Crippen LogP contribution in [0.15, 0.2) is 36.4 Å². The zero-order valence-electron chi connectivity index (χ0n) is 16.2. The van der Waals surface area contributed by atoms with Gasteiger partial charge in [0.2, 0.25) is 0 Å². The number of ether oxygens (including phenoxy) is 1. The molecule has 0 atom stereocenters. The molecule has 0 spiro atoms. The van der Waals surface area contributed by atoms with E-state index in [1.807, 2.05) is 12.1 Å². The smallest absolute Gasteiger partial charge is 0.0991 e. The van der Waals surface area contributed by atoms with E-state index in [1.165, 1.54) is 56.9 Å². The van der Waals surface area contributed by atoms with Gasteiger partial charge in [-0.05, 0) is 99.7 Å². The van der Waals surface area contributed by atoms with Gasteiger partial charge in [0.05, 0.1) is 18.2 Å². The molecule has 0 N–H and O–H groups in total. The normalized spacial score (nSPS) is 29.5. The standard InChI is InChI=1S/C24H33NO/c1-2-26-17-3-4-19-5-9-21(10-6-19)23-13-15-24(16-14-23)22-11-7-20(18-25)8-12-22/h3-4,7-8,11-12,19,21,23-24H,2,5-6,9-10,13-17H2,1H3. The van der Waals surface area contributed by atoms with Crippen LogP contribution in [0.5, 0.6) is 0 Å². The highest BCUT2D eigenvalue weighted by Gasteiger charge is 2.30. The maximum absolute atomic E-state index is 8.95. The van der Waals surface area contributed by atoms with Gasteiger partial charge in [-0.15, -0.1) is 0 Å². The van der Waals surface area contributed by atoms with Crippen molar-refractivity contribution in [3.05, 3.63) is 47.5 Å². The minimum absolute atomic E-state index is 0.705. The second-order valence-electron chi connectivity index (χ2n) is 8.11. The van der Waals surface area contributed by atoms with Gasteiger partial charge >= 0.3 is 0 Å². The zero-order chi connectivity index (χ0) is 18.2. The van der Waals surface area contributed by atoms with Gasteiger partial charge in [-0.1, -0.05) is 24.3 Å². The molecule has 0 bridgehead atoms. The molecule has 0 radical (unpaired) electrons. The van der Waals surface area contributed by atoms with Crippen molar-refractivity contribution in [1.29, 1.82) is 5.26 Å². The van der Waals surface area contributed by atoms with Crippen molar-refractivity contribution >= 4 is 0 Å². The highest BCUT2D eigenvalue weighted by molar-refractivity contribution is 5.33. The Balaban J connectivity index is 1.41. The van der Waals surface area contributed by atoms with Crippen LogP contribution in [0, 0.1) is 29.1 Å². The molecule has 2 aliphatic carbocycles. The van der Waals surface area contributed by atoms with Crippen LogP contribution >= 0.6 is 0 Å². The molecule has 140 valence electrons. The SMILES string of the molecule is CCOCC=CC1CCC(C2CCC(c3ccc(C#N)cc3)CC2)CC1. The molecule has 3 rings (SSSR count). The number of allylic oxidation sites excluding steroid dienone is 1. The molecule has 1 aromatic carbocycles. The fourth-order valence-electron chi connectivity index (χ4n) is 5.00. The largest absolute Gasteiger partial charge is 0.378 e. The summed E-state index contributed by atoms with van der Waals surface area (Å²) in [6.07, 6.45) is 15.6. The van der Waals surface area contributed by atoms with Gasteiger partial charge in [0.25, 0.3) is 0 Å². The van der Waals surface area contributed by atoms with E-state index in [9.17, 15) is 0 Å². The van der Waals surface area contributed by atoms with E-state index < -0.39 is 0 Å². The molecule has 2 aliphatic rings. The number of nitriles is 1. The minimum Gasteiger partial charge on any atom is -0.378 e. The van der Waals surface area contributed by atoms with Gasteiger partial charge in [0.15, 0.2) is 0 Å². The lowest BCUT2D eigenvalue weighted by Gasteiger charge is -2.37. The van der Waals surface area contributed by atoms with Crippen molar-refractivity contribution < 1.29 is 4.74 Å². The van der Waals surface area contributed by atoms with Crippen molar-refractivity contribution in [2.75, 3.05) is 13.2 Å². The lowest BCUT2D eigenvalue weighted by molar-refractivity contribution is 0.168. The fourth-order valence-corrected chi connectivity index (χ4v) is 5.00. The van der Waals surface area contributed by atoms with Crippen LogP contribution < -0.4 is 0 Å². The van der Waals surface area contributed by atoms with Crippen LogP contribution in [0.25, 0.3) is 0 Å². The molecule has 0 heterocycles. The summed E-state index contributed by atoms with van der Waals surface area (Å²) in [6.45, 7) is 3.63. The third kappa shape index (κ3) is 5.21. The molecular weight excluding hydrogens is 318 g/mol. The minimum atomic E-state index is 0.705. The molecule has 0 aliphatic heterocycles. The van der Waals surface area contributed by atoms with Gasteiger partial charge in [-0.25, -0.2) is 0 Å². The van der Waals surface area contributed by atoms with Crippen molar-refractivity contribution in [2.45, 2.75) is 64.2 Å². The summed E-state index contributed by atoms with van der Waals surface area (Å²) >= 11 is 0. The molecule has 2 saturated carbocycles. The first-order chi connectivity index (χ1) is 12.8. The monoisotopic (exact) mass is 351 g/mol. The summed E-state index contributed by atoms with van der Waals surface area (Å²) in [5.41, 5.74) is 2.21. The van der Waals surface area contributed by atoms with Crippen LogP contribution in [0.2, 0.25) is 0 Å². The summed E-state index contributed by atoms with van der Waals surface area (Å²) in [6, 6.07) is 10.5. The number of rotatable bonds is 6. The summed E-state index contributed by atoms with van der Waals surface area (Å²) < 4.78 is 5.40. The molecule has 1 aromatic rings. The maximum Gasteiger partial charge on any atom is 0.0991 e. The van der Waals surface area contributed by atoms with Crippen LogP contribution in [-0.4, -0.2) is 13.2 Å². The zero-order valence-corrected chi connectivity index (χ0v) is 16.2. The lowest BCUT2D eigenvalue weighted by Crippen LogP contribution is -2.25. The van der Waals surface area contributed by atoms with E-state index in [-0.39, 0.29) is 0 Å². The van der Waals surface area contributed by atoms with E-state index in [0.717, 1.165) is 36.5 Å². The quantitative estimate of drug-likeness (QED) is 0.449. The Hall–Kier alpha value is -1.59. The van der Waals surface area contributed by atoms with Crippen LogP contribution in [0.3, 0.4) is 0 Å². The third-order valence-corrected chi connectivity index (χ3v) is 6.59. The predicted molar refractivity (Wildman–Crippen MR) is 107 cm³/mol. The average molecular weight is 352 g/mol. The van der Waals surface area contributed by atoms with Crippen LogP contribution in [0.1, 0.15) is 75.3 Å². The Morgan fingerprint density at radius 3 is 2.15 bits per heavy atom. The maximum atomic E-state index is 8.95. The van der Waals surface area contributed by atoms with Gasteiger partial charge in [0.1, 0.15) is 0 Å². The van der Waals surface area contributed by atoms with Gasteiger partial charge in [0, 0.05) is 6.61 Å². The Kier molecular flexibility index (Phi) is 7.32. The highest BCUT2D eigenvalue weighted by Crippen LogP contribution is 2.44. The Bertz CT molecular complexity index is 596. The van der Waals surface area contributed by atoms with Gasteiger partial charge in [-0.2, -0.15) is 5.26 Å². The highest BCUT2D eigenvalue weighted by atomic mass is 16.5. The van der Waals surface area contributed by atoms with Crippen LogP contribution in [0.4, 0.5) is 0 Å². The van der Waals surface area contributed by atoms with E-state index in [0.29, 0.717) is 5.92 Å². The molecule has 26 heavy (non-hydrogen) atoms. The molecule has 2 heteroatoms. The van der Waals surface area contributed by atoms with Crippen molar-refractivity contribution in [3.63, 3.8) is 0 Å². The van der Waals surface area contributed by atoms with Crippen LogP contribution in [-0.2, 0) is 4.74 Å². The second-order valence-corrected chi connectivity index (χ2v) is 8.11. The first-order valence-electron chi connectivity index (χ1n) is 10.5. The molecule has 0 saturated heterocycles. The van der Waals surface area contributed by atoms with Crippen molar-refractivity contribution in [3.8, 4) is 6.07 Å². The fraction of sp³-hybridized carbons (Fsp3) is 0.625. The first-order valence-corrected chi connectivity index (χ1v) is 10.5. The number of nitrogens with zero attached hydrogens (tertiary/aromatic N) is 1. The van der Waals surface area contributed by atoms with E-state index in [1.54, 1.807) is 0 Å². The summed E-state index contributed by atoms with van der Waals surface area (Å²) in [5.74, 6) is 3.38. The third-order valence-electron chi connectivity index (χ3n) is 6.59. The number of hydrogen-bond donors (Lipinski definition) is 0. The van der Waals surface area contributed by atoms with E-state index in [2.05, 4.69) is 37.3 Å². The Labute approximate surface area is 159 Å². The molecule has 2 nitrogen and oxygen atoms in total. The van der Waals surface area contributed by atoms with Gasteiger partial charge in [-0.3, -0.25) is 0 Å². The molecule has 0 unspecified atom stereocenters. The summed E-state index contributed by atoms with van der Waals surface area (Å²) in [5, 5.41) is 8.95. The molecule has 0 aromatic heterocycles. The van der Waals surface area contributed by atoms with Gasteiger partial charge < -0.3 is 4.74 Å². The van der Waals surface area contributed by atoms with Crippen molar-refractivity contribution in [1.82, 2.24) is 0 Å². The lowest BCUT2D eigenvalue weighted by atomic mass is 9.68. The second kappa shape index (κ2) is 9.93. The Morgan fingerprint density at radius 2 is 1.58 bits per heavy atom. The van der Waals surface area contributed by atoms with E-state index in [4.69, 9.17) is 10.00 Å². The summed E-state index contributed by atoms with van der Waals surface area (Å²) in [7, 11) is 0. The first kappa shape index (κ1) is 19.2. The number of hydrogen-bond acceptors (Lipinski definition) is 2. The molecule has 0 amide bonds. The van der Waals surface area contributed by atoms with E-state index >= 15 is 0 Å². The van der Waals surface area contributed by atoms with Crippen molar-refractivity contribution in [2.24, 2.45) is 17.8 Å². The summed E-state index contributed by atoms with van der Waals surface area (Å²) in [4.78, 5) is 0. The Morgan fingerprint density at radius 1 is 0.962 bits per heavy atom.